The molecule has 86 valence electrons. The summed E-state index contributed by atoms with van der Waals surface area (Å²) in [5.74, 6) is -1.59. The van der Waals surface area contributed by atoms with E-state index >= 15 is 0 Å². The Labute approximate surface area is 90.4 Å². The van der Waals surface area contributed by atoms with Crippen LogP contribution in [0.2, 0.25) is 0 Å². The first-order valence-electron chi connectivity index (χ1n) is 4.89. The van der Waals surface area contributed by atoms with Crippen molar-refractivity contribution in [3.8, 4) is 0 Å². The monoisotopic (exact) mass is 228 g/mol. The molecule has 2 rings (SSSR count). The molecule has 16 heavy (non-hydrogen) atoms. The van der Waals surface area contributed by atoms with Crippen molar-refractivity contribution < 1.29 is 13.7 Å². The van der Waals surface area contributed by atoms with E-state index in [1.54, 1.807) is 0 Å². The summed E-state index contributed by atoms with van der Waals surface area (Å²) in [5, 5.41) is 13.4. The van der Waals surface area contributed by atoms with Gasteiger partial charge < -0.3 is 5.32 Å². The Bertz CT molecular complexity index is 451. The van der Waals surface area contributed by atoms with Crippen molar-refractivity contribution in [1.82, 2.24) is 0 Å². The first-order chi connectivity index (χ1) is 7.49. The highest BCUT2D eigenvalue weighted by molar-refractivity contribution is 5.63. The van der Waals surface area contributed by atoms with Gasteiger partial charge in [-0.15, -0.1) is 0 Å². The van der Waals surface area contributed by atoms with Gasteiger partial charge in [-0.2, -0.15) is 4.39 Å². The molecule has 2 atom stereocenters. The predicted octanol–water partition coefficient (Wildman–Crippen LogP) is 2.69. The van der Waals surface area contributed by atoms with Crippen LogP contribution in [-0.4, -0.2) is 11.0 Å². The number of nitrogens with one attached hydrogen (secondary N) is 1. The number of halogens is 2. The second kappa shape index (κ2) is 3.70. The molecule has 1 aromatic rings. The van der Waals surface area contributed by atoms with Crippen molar-refractivity contribution in [2.45, 2.75) is 19.4 Å². The number of nitro groups is 1. The molecule has 0 heterocycles. The number of hydrogen-bond donors (Lipinski definition) is 1. The van der Waals surface area contributed by atoms with Gasteiger partial charge in [-0.3, -0.25) is 10.1 Å². The van der Waals surface area contributed by atoms with Crippen molar-refractivity contribution in [2.24, 2.45) is 5.92 Å². The van der Waals surface area contributed by atoms with E-state index in [1.165, 1.54) is 0 Å². The molecule has 1 aliphatic rings. The van der Waals surface area contributed by atoms with Crippen LogP contribution < -0.4 is 5.32 Å². The SMILES string of the molecule is CC1CC1Nc1cc(F)cc(F)c1[N+](=O)[O-]. The van der Waals surface area contributed by atoms with Crippen LogP contribution in [0.5, 0.6) is 0 Å². The van der Waals surface area contributed by atoms with Gasteiger partial charge in [0.25, 0.3) is 0 Å². The molecule has 2 unspecified atom stereocenters. The van der Waals surface area contributed by atoms with Crippen LogP contribution in [0.15, 0.2) is 12.1 Å². The summed E-state index contributed by atoms with van der Waals surface area (Å²) in [4.78, 5) is 9.80. The average molecular weight is 228 g/mol. The maximum absolute atomic E-state index is 13.2. The Morgan fingerprint density at radius 3 is 2.62 bits per heavy atom. The lowest BCUT2D eigenvalue weighted by atomic mass is 10.2. The molecule has 1 fully saturated rings. The molecule has 0 aromatic heterocycles. The molecular weight excluding hydrogens is 218 g/mol. The fourth-order valence-electron chi connectivity index (χ4n) is 1.58. The zero-order valence-corrected chi connectivity index (χ0v) is 8.54. The van der Waals surface area contributed by atoms with E-state index < -0.39 is 22.2 Å². The molecule has 0 saturated heterocycles. The number of rotatable bonds is 3. The van der Waals surface area contributed by atoms with Gasteiger partial charge in [0.1, 0.15) is 11.5 Å². The second-order valence-electron chi connectivity index (χ2n) is 4.00. The number of nitrogens with zero attached hydrogens (tertiary/aromatic N) is 1. The molecule has 0 amide bonds. The minimum atomic E-state index is -1.15. The molecule has 1 aliphatic carbocycles. The van der Waals surface area contributed by atoms with Crippen LogP contribution in [0.1, 0.15) is 13.3 Å². The van der Waals surface area contributed by atoms with Crippen molar-refractivity contribution in [3.05, 3.63) is 33.9 Å². The average Bonchev–Trinajstić information content (AvgIpc) is 2.78. The largest absolute Gasteiger partial charge is 0.376 e. The third kappa shape index (κ3) is 1.95. The minimum Gasteiger partial charge on any atom is -0.376 e. The normalized spacial score (nSPS) is 22.9. The summed E-state index contributed by atoms with van der Waals surface area (Å²) in [6, 6.07) is 1.53. The van der Waals surface area contributed by atoms with Crippen LogP contribution >= 0.6 is 0 Å². The Hall–Kier alpha value is -1.72. The van der Waals surface area contributed by atoms with E-state index in [0.29, 0.717) is 12.0 Å². The van der Waals surface area contributed by atoms with E-state index in [0.717, 1.165) is 12.5 Å². The highest BCUT2D eigenvalue weighted by Crippen LogP contribution is 2.37. The standard InChI is InChI=1S/C10H10F2N2O2/c1-5-2-8(5)13-9-4-6(11)3-7(12)10(9)14(15)16/h3-5,8,13H,2H2,1H3. The van der Waals surface area contributed by atoms with Gasteiger partial charge in [0.15, 0.2) is 0 Å². The zero-order chi connectivity index (χ0) is 11.9. The molecule has 0 aliphatic heterocycles. The third-order valence-electron chi connectivity index (χ3n) is 2.66. The number of nitro benzene ring substituents is 1. The Balaban J connectivity index is 2.36. The van der Waals surface area contributed by atoms with Crippen LogP contribution in [0.4, 0.5) is 20.2 Å². The van der Waals surface area contributed by atoms with Crippen molar-refractivity contribution in [2.75, 3.05) is 5.32 Å². The van der Waals surface area contributed by atoms with Crippen LogP contribution in [0, 0.1) is 27.7 Å². The fraction of sp³-hybridized carbons (Fsp3) is 0.400. The molecule has 1 aromatic carbocycles. The summed E-state index contributed by atoms with van der Waals surface area (Å²) < 4.78 is 26.1. The lowest BCUT2D eigenvalue weighted by molar-refractivity contribution is -0.386. The summed E-state index contributed by atoms with van der Waals surface area (Å²) in [6.45, 7) is 1.96. The smallest absolute Gasteiger partial charge is 0.327 e. The summed E-state index contributed by atoms with van der Waals surface area (Å²) >= 11 is 0. The molecule has 6 heteroatoms. The first-order valence-corrected chi connectivity index (χ1v) is 4.89. The highest BCUT2D eigenvalue weighted by Gasteiger charge is 2.35. The van der Waals surface area contributed by atoms with Gasteiger partial charge in [-0.1, -0.05) is 6.92 Å². The van der Waals surface area contributed by atoms with E-state index in [1.807, 2.05) is 6.92 Å². The number of benzene rings is 1. The maximum Gasteiger partial charge on any atom is 0.327 e. The third-order valence-corrected chi connectivity index (χ3v) is 2.66. The maximum atomic E-state index is 13.2. The highest BCUT2D eigenvalue weighted by atomic mass is 19.1. The van der Waals surface area contributed by atoms with Crippen molar-refractivity contribution in [1.29, 1.82) is 0 Å². The molecule has 4 nitrogen and oxygen atoms in total. The molecule has 0 spiro atoms. The minimum absolute atomic E-state index is 0.0694. The van der Waals surface area contributed by atoms with Gasteiger partial charge >= 0.3 is 5.69 Å². The van der Waals surface area contributed by atoms with Crippen molar-refractivity contribution in [3.63, 3.8) is 0 Å². The van der Waals surface area contributed by atoms with Crippen molar-refractivity contribution >= 4 is 11.4 Å². The fourth-order valence-corrected chi connectivity index (χ4v) is 1.58. The second-order valence-corrected chi connectivity index (χ2v) is 4.00. The lowest BCUT2D eigenvalue weighted by Gasteiger charge is -2.06. The Kier molecular flexibility index (Phi) is 2.49. The van der Waals surface area contributed by atoms with Crippen LogP contribution in [0.3, 0.4) is 0 Å². The van der Waals surface area contributed by atoms with Crippen LogP contribution in [-0.2, 0) is 0 Å². The van der Waals surface area contributed by atoms with Gasteiger partial charge in [0.05, 0.1) is 4.92 Å². The van der Waals surface area contributed by atoms with Gasteiger partial charge in [0, 0.05) is 18.2 Å². The molecular formula is C10H10F2N2O2. The van der Waals surface area contributed by atoms with Crippen LogP contribution in [0.25, 0.3) is 0 Å². The van der Waals surface area contributed by atoms with E-state index in [-0.39, 0.29) is 11.7 Å². The summed E-state index contributed by atoms with van der Waals surface area (Å²) in [6.07, 6.45) is 0.856. The Morgan fingerprint density at radius 2 is 2.12 bits per heavy atom. The summed E-state index contributed by atoms with van der Waals surface area (Å²) in [5.41, 5.74) is -0.780. The quantitative estimate of drug-likeness (QED) is 0.639. The van der Waals surface area contributed by atoms with Gasteiger partial charge in [0.2, 0.25) is 5.82 Å². The molecule has 1 N–H and O–H groups in total. The number of hydrogen-bond acceptors (Lipinski definition) is 3. The summed E-state index contributed by atoms with van der Waals surface area (Å²) in [7, 11) is 0. The molecule has 0 bridgehead atoms. The molecule has 0 radical (unpaired) electrons. The Morgan fingerprint density at radius 1 is 1.50 bits per heavy atom. The number of anilines is 1. The van der Waals surface area contributed by atoms with Gasteiger partial charge in [-0.05, 0) is 12.3 Å². The predicted molar refractivity (Wildman–Crippen MR) is 54.2 cm³/mol. The lowest BCUT2D eigenvalue weighted by Crippen LogP contribution is -2.08. The van der Waals surface area contributed by atoms with E-state index in [4.69, 9.17) is 0 Å². The van der Waals surface area contributed by atoms with Gasteiger partial charge in [-0.25, -0.2) is 4.39 Å². The first kappa shape index (κ1) is 10.8. The van der Waals surface area contributed by atoms with E-state index in [9.17, 15) is 18.9 Å². The van der Waals surface area contributed by atoms with E-state index in [2.05, 4.69) is 5.32 Å². The zero-order valence-electron chi connectivity index (χ0n) is 8.54. The topological polar surface area (TPSA) is 55.2 Å². The molecule has 1 saturated carbocycles.